The Morgan fingerprint density at radius 3 is 1.92 bits per heavy atom. The Kier molecular flexibility index (Phi) is 8.13. The molecular weight excluding hydrogens is 757 g/mol. The first-order chi connectivity index (χ1) is 30.4. The summed E-state index contributed by atoms with van der Waals surface area (Å²) in [7, 11) is 0. The molecule has 0 bridgehead atoms. The summed E-state index contributed by atoms with van der Waals surface area (Å²) in [6, 6.07) is 66.6. The molecule has 0 fully saturated rings. The van der Waals surface area contributed by atoms with Crippen molar-refractivity contribution in [3.8, 4) is 22.3 Å². The van der Waals surface area contributed by atoms with Crippen LogP contribution in [-0.2, 0) is 5.41 Å². The molecule has 4 heteroatoms. The van der Waals surface area contributed by atoms with Gasteiger partial charge in [-0.3, -0.25) is 4.79 Å². The van der Waals surface area contributed by atoms with Gasteiger partial charge in [0.15, 0.2) is 0 Å². The molecule has 9 aromatic rings. The Morgan fingerprint density at radius 2 is 1.10 bits per heavy atom. The topological polar surface area (TPSA) is 36.7 Å². The predicted octanol–water partition coefficient (Wildman–Crippen LogP) is 15.0. The molecule has 1 atom stereocenters. The fourth-order valence-electron chi connectivity index (χ4n) is 10.2. The Balaban J connectivity index is 0.958. The van der Waals surface area contributed by atoms with E-state index >= 15 is 0 Å². The predicted molar refractivity (Wildman–Crippen MR) is 256 cm³/mol. The molecule has 2 aliphatic heterocycles. The Bertz CT molecular complexity index is 3380. The second-order valence-electron chi connectivity index (χ2n) is 17.2. The van der Waals surface area contributed by atoms with Crippen molar-refractivity contribution in [3.05, 3.63) is 238 Å². The smallest absolute Gasteiger partial charge is 0.200 e. The largest absolute Gasteiger partial charge is 0.456 e. The number of nitrogens with zero attached hydrogens (tertiary/aromatic N) is 2. The number of rotatable bonds is 5. The molecule has 0 amide bonds. The van der Waals surface area contributed by atoms with Gasteiger partial charge in [-0.05, 0) is 135 Å². The summed E-state index contributed by atoms with van der Waals surface area (Å²) in [6.07, 6.45) is 5.63. The summed E-state index contributed by atoms with van der Waals surface area (Å²) in [5.74, 6) is 0.228. The van der Waals surface area contributed by atoms with E-state index in [2.05, 4.69) is 181 Å². The van der Waals surface area contributed by atoms with Crippen LogP contribution in [0.1, 0.15) is 48.4 Å². The van der Waals surface area contributed by atoms with E-state index in [-0.39, 0.29) is 16.8 Å². The van der Waals surface area contributed by atoms with Gasteiger partial charge in [0.1, 0.15) is 11.2 Å². The first-order valence-corrected chi connectivity index (χ1v) is 21.5. The van der Waals surface area contributed by atoms with Gasteiger partial charge in [-0.25, -0.2) is 0 Å². The molecule has 0 N–H and O–H groups in total. The summed E-state index contributed by atoms with van der Waals surface area (Å²) in [4.78, 5) is 18.2. The molecule has 8 aromatic carbocycles. The molecule has 1 aromatic heterocycles. The maximum absolute atomic E-state index is 13.3. The SMILES string of the molecule is CC1(C)c2ccccc2N(c2ccc(-c3ccc4c(=O)c5ccccc5oc4c3)cc2)c2ccc(N3C4=CC=C(c5ccccc5)CC4c4cc(-c5ccccc5)ccc43)cc21. The first kappa shape index (κ1) is 36.2. The molecule has 0 saturated carbocycles. The number of fused-ring (bicyclic) bond motifs is 7. The normalized spacial score (nSPS) is 16.0. The zero-order chi connectivity index (χ0) is 41.5. The minimum atomic E-state index is -0.266. The Morgan fingerprint density at radius 1 is 0.484 bits per heavy atom. The monoisotopic (exact) mass is 798 g/mol. The van der Waals surface area contributed by atoms with Gasteiger partial charge in [-0.1, -0.05) is 135 Å². The average molecular weight is 799 g/mol. The van der Waals surface area contributed by atoms with E-state index in [1.165, 1.54) is 67.4 Å². The summed E-state index contributed by atoms with van der Waals surface area (Å²) >= 11 is 0. The number of para-hydroxylation sites is 2. The van der Waals surface area contributed by atoms with Gasteiger partial charge < -0.3 is 14.2 Å². The van der Waals surface area contributed by atoms with Gasteiger partial charge in [0.05, 0.1) is 22.1 Å². The lowest BCUT2D eigenvalue weighted by Crippen LogP contribution is -2.31. The van der Waals surface area contributed by atoms with E-state index in [0.717, 1.165) is 23.2 Å². The van der Waals surface area contributed by atoms with Gasteiger partial charge in [-0.2, -0.15) is 0 Å². The van der Waals surface area contributed by atoms with Crippen LogP contribution in [-0.4, -0.2) is 0 Å². The molecule has 0 radical (unpaired) electrons. The summed E-state index contributed by atoms with van der Waals surface area (Å²) in [5, 5.41) is 1.19. The van der Waals surface area contributed by atoms with Crippen molar-refractivity contribution in [1.29, 1.82) is 0 Å². The molecule has 12 rings (SSSR count). The molecule has 1 aliphatic carbocycles. The van der Waals surface area contributed by atoms with Crippen molar-refractivity contribution in [2.45, 2.75) is 31.6 Å². The van der Waals surface area contributed by atoms with Crippen molar-refractivity contribution >= 4 is 55.9 Å². The lowest BCUT2D eigenvalue weighted by atomic mass is 9.73. The maximum Gasteiger partial charge on any atom is 0.200 e. The van der Waals surface area contributed by atoms with Crippen LogP contribution in [0.25, 0.3) is 49.8 Å². The highest BCUT2D eigenvalue weighted by Gasteiger charge is 2.40. The van der Waals surface area contributed by atoms with Crippen molar-refractivity contribution < 1.29 is 4.42 Å². The van der Waals surface area contributed by atoms with Gasteiger partial charge in [-0.15, -0.1) is 0 Å². The summed E-state index contributed by atoms with van der Waals surface area (Å²) in [6.45, 7) is 4.72. The second-order valence-corrected chi connectivity index (χ2v) is 17.2. The summed E-state index contributed by atoms with van der Waals surface area (Å²) < 4.78 is 6.23. The fourth-order valence-corrected chi connectivity index (χ4v) is 10.2. The zero-order valence-corrected chi connectivity index (χ0v) is 34.5. The molecule has 62 heavy (non-hydrogen) atoms. The third-order valence-corrected chi connectivity index (χ3v) is 13.4. The maximum atomic E-state index is 13.3. The fraction of sp³-hybridized carbons (Fsp3) is 0.0862. The van der Waals surface area contributed by atoms with Crippen LogP contribution >= 0.6 is 0 Å². The molecule has 296 valence electrons. The summed E-state index contributed by atoms with van der Waals surface area (Å²) in [5.41, 5.74) is 19.2. The van der Waals surface area contributed by atoms with Gasteiger partial charge in [0, 0.05) is 34.1 Å². The Hall–Kier alpha value is -7.69. The number of benzene rings is 8. The van der Waals surface area contributed by atoms with E-state index in [0.29, 0.717) is 21.9 Å². The number of hydrogen-bond donors (Lipinski definition) is 0. The van der Waals surface area contributed by atoms with Crippen LogP contribution in [0.2, 0.25) is 0 Å². The van der Waals surface area contributed by atoms with Gasteiger partial charge in [0.25, 0.3) is 0 Å². The van der Waals surface area contributed by atoms with E-state index in [1.807, 2.05) is 42.5 Å². The van der Waals surface area contributed by atoms with Crippen LogP contribution < -0.4 is 15.2 Å². The molecule has 0 spiro atoms. The van der Waals surface area contributed by atoms with E-state index < -0.39 is 0 Å². The molecular formula is C58H42N2O2. The van der Waals surface area contributed by atoms with Crippen molar-refractivity contribution in [1.82, 2.24) is 0 Å². The standard InChI is InChI=1S/C58H42N2O2/c1-58(2)49-18-10-11-19-53(49)59(43-26-21-39(22-27-43)42-23-29-46-56(35-42)62-55-20-12-9-17-45(55)57(46)61)54-32-28-44(36-50(54)58)60-51-30-24-40(37-13-5-3-6-14-37)33-47(51)48-34-41(25-31-52(48)60)38-15-7-4-8-16-38/h3-33,35-36,48H,34H2,1-2H3. The third-order valence-electron chi connectivity index (χ3n) is 13.4. The third kappa shape index (κ3) is 5.64. The van der Waals surface area contributed by atoms with Crippen LogP contribution in [0.15, 0.2) is 215 Å². The second kappa shape index (κ2) is 13.9. The minimum Gasteiger partial charge on any atom is -0.456 e. The zero-order valence-electron chi connectivity index (χ0n) is 34.5. The minimum absolute atomic E-state index is 0.00675. The van der Waals surface area contributed by atoms with Crippen LogP contribution in [0, 0.1) is 0 Å². The van der Waals surface area contributed by atoms with Crippen LogP contribution in [0.4, 0.5) is 28.4 Å². The highest BCUT2D eigenvalue weighted by Crippen LogP contribution is 2.57. The average Bonchev–Trinajstić information content (AvgIpc) is 3.65. The number of allylic oxidation sites excluding steroid dienone is 4. The lowest BCUT2D eigenvalue weighted by Gasteiger charge is -2.42. The van der Waals surface area contributed by atoms with Gasteiger partial charge >= 0.3 is 0 Å². The van der Waals surface area contributed by atoms with Crippen LogP contribution in [0.3, 0.4) is 0 Å². The van der Waals surface area contributed by atoms with E-state index in [1.54, 1.807) is 0 Å². The molecule has 4 nitrogen and oxygen atoms in total. The molecule has 0 saturated heterocycles. The number of anilines is 5. The van der Waals surface area contributed by atoms with E-state index in [9.17, 15) is 4.79 Å². The molecule has 1 unspecified atom stereocenters. The van der Waals surface area contributed by atoms with E-state index in [4.69, 9.17) is 4.42 Å². The molecule has 3 heterocycles. The van der Waals surface area contributed by atoms with Crippen molar-refractivity contribution in [2.75, 3.05) is 9.80 Å². The highest BCUT2D eigenvalue weighted by atomic mass is 16.3. The molecule has 3 aliphatic rings. The quantitative estimate of drug-likeness (QED) is 0.163. The highest BCUT2D eigenvalue weighted by molar-refractivity contribution is 5.93. The number of hydrogen-bond acceptors (Lipinski definition) is 4. The van der Waals surface area contributed by atoms with Crippen LogP contribution in [0.5, 0.6) is 0 Å². The van der Waals surface area contributed by atoms with Gasteiger partial charge in [0.2, 0.25) is 5.43 Å². The van der Waals surface area contributed by atoms with Crippen molar-refractivity contribution in [3.63, 3.8) is 0 Å². The Labute approximate surface area is 361 Å². The first-order valence-electron chi connectivity index (χ1n) is 21.5. The van der Waals surface area contributed by atoms with Crippen molar-refractivity contribution in [2.24, 2.45) is 0 Å². The lowest BCUT2D eigenvalue weighted by molar-refractivity contribution is 0.632.